The minimum atomic E-state index is 0.0491. The zero-order chi connectivity index (χ0) is 41.0. The molecule has 4 unspecified atom stereocenters. The van der Waals surface area contributed by atoms with Crippen molar-refractivity contribution in [2.75, 3.05) is 39.3 Å². The molecule has 0 bridgehead atoms. The Labute approximate surface area is 346 Å². The Kier molecular flexibility index (Phi) is 15.2. The zero-order valence-electron chi connectivity index (χ0n) is 35.6. The van der Waals surface area contributed by atoms with E-state index in [0.717, 1.165) is 98.3 Å². The van der Waals surface area contributed by atoms with Gasteiger partial charge in [0, 0.05) is 69.2 Å². The van der Waals surface area contributed by atoms with Crippen LogP contribution in [0.3, 0.4) is 0 Å². The van der Waals surface area contributed by atoms with Crippen molar-refractivity contribution in [2.24, 2.45) is 4.99 Å². The first-order valence-corrected chi connectivity index (χ1v) is 21.5. The summed E-state index contributed by atoms with van der Waals surface area (Å²) in [7, 11) is 0. The molecule has 0 saturated carbocycles. The fourth-order valence-corrected chi connectivity index (χ4v) is 8.49. The number of amidine groups is 1. The molecule has 9 heteroatoms. The molecule has 4 atom stereocenters. The fraction of sp³-hybridized carbons (Fsp3) is 0.408. The number of nitrogens with one attached hydrogen (secondary N) is 2. The smallest absolute Gasteiger partial charge is 0.261 e. The van der Waals surface area contributed by atoms with Crippen molar-refractivity contribution in [1.29, 1.82) is 0 Å². The molecular weight excluding hydrogens is 717 g/mol. The number of fused-ring (bicyclic) bond motifs is 2. The van der Waals surface area contributed by atoms with Gasteiger partial charge in [0.05, 0.1) is 35.2 Å². The summed E-state index contributed by atoms with van der Waals surface area (Å²) in [5, 5.41) is 7.70. The SMILES string of the molecule is C=C1c2ccccc2N=C(C(CC)N2CC(C)NCC2C)N1Cc1ccccc1.CC.CCC(c1nc2ccccc2c(=O)n1Cc1ccccc1)N1CCNCC1. The van der Waals surface area contributed by atoms with Gasteiger partial charge in [-0.05, 0) is 56.0 Å². The Morgan fingerprint density at radius 2 is 1.38 bits per heavy atom. The highest BCUT2D eigenvalue weighted by atomic mass is 16.1. The first-order valence-electron chi connectivity index (χ1n) is 21.5. The van der Waals surface area contributed by atoms with Crippen LogP contribution in [-0.2, 0) is 13.1 Å². The summed E-state index contributed by atoms with van der Waals surface area (Å²) in [6.45, 7) is 24.8. The molecule has 5 aromatic rings. The van der Waals surface area contributed by atoms with E-state index in [2.05, 4.69) is 126 Å². The van der Waals surface area contributed by atoms with Crippen LogP contribution in [0.15, 0.2) is 126 Å². The van der Waals surface area contributed by atoms with Crippen LogP contribution in [0.2, 0.25) is 0 Å². The molecule has 0 radical (unpaired) electrons. The van der Waals surface area contributed by atoms with Gasteiger partial charge in [0.15, 0.2) is 0 Å². The third-order valence-corrected chi connectivity index (χ3v) is 11.5. The number of hydrogen-bond acceptors (Lipinski definition) is 8. The van der Waals surface area contributed by atoms with Gasteiger partial charge in [-0.25, -0.2) is 9.98 Å². The van der Waals surface area contributed by atoms with Crippen LogP contribution in [0.4, 0.5) is 5.69 Å². The lowest BCUT2D eigenvalue weighted by atomic mass is 9.99. The second-order valence-electron chi connectivity index (χ2n) is 15.4. The molecule has 2 N–H and O–H groups in total. The molecule has 0 amide bonds. The van der Waals surface area contributed by atoms with E-state index in [0.29, 0.717) is 24.0 Å². The lowest BCUT2D eigenvalue weighted by molar-refractivity contribution is 0.118. The second-order valence-corrected chi connectivity index (χ2v) is 15.4. The predicted molar refractivity (Wildman–Crippen MR) is 243 cm³/mol. The van der Waals surface area contributed by atoms with E-state index in [1.165, 1.54) is 5.56 Å². The van der Waals surface area contributed by atoms with Crippen LogP contribution in [0.25, 0.3) is 16.6 Å². The van der Waals surface area contributed by atoms with E-state index in [9.17, 15) is 4.79 Å². The minimum Gasteiger partial charge on any atom is -0.324 e. The van der Waals surface area contributed by atoms with Gasteiger partial charge in [-0.3, -0.25) is 19.2 Å². The van der Waals surface area contributed by atoms with E-state index in [4.69, 9.17) is 9.98 Å². The lowest BCUT2D eigenvalue weighted by Crippen LogP contribution is -2.61. The van der Waals surface area contributed by atoms with Crippen molar-refractivity contribution in [3.63, 3.8) is 0 Å². The van der Waals surface area contributed by atoms with Crippen LogP contribution in [0, 0.1) is 0 Å². The monoisotopic (exact) mass is 781 g/mol. The van der Waals surface area contributed by atoms with Crippen molar-refractivity contribution in [2.45, 2.75) is 91.6 Å². The molecule has 4 aromatic carbocycles. The molecule has 2 saturated heterocycles. The Balaban J connectivity index is 0.000000188. The number of benzene rings is 4. The molecule has 9 nitrogen and oxygen atoms in total. The van der Waals surface area contributed by atoms with Gasteiger partial charge in [0.25, 0.3) is 5.56 Å². The standard InChI is InChI=1S/C25H32N4.C22H26N4O.C2H6/c1-5-24(28-16-18(2)26-15-19(28)3)25-27-23-14-10-9-13-22(23)20(4)29(25)17-21-11-7-6-8-12-21;1-2-20(25-14-12-23-13-15-25)21-24-19-11-7-6-10-18(19)22(27)26(21)16-17-8-4-3-5-9-17;1-2/h6-14,18-19,24,26H,4-5,15-17H2,1-3H3;3-11,20,23H,2,12-16H2,1H3;1-2H3. The first-order chi connectivity index (χ1) is 28.4. The van der Waals surface area contributed by atoms with Crippen LogP contribution in [-0.4, -0.2) is 87.5 Å². The van der Waals surface area contributed by atoms with Gasteiger partial charge < -0.3 is 15.5 Å². The lowest BCUT2D eigenvalue weighted by Gasteiger charge is -2.45. The van der Waals surface area contributed by atoms with Crippen molar-refractivity contribution < 1.29 is 0 Å². The van der Waals surface area contributed by atoms with Crippen LogP contribution in [0.1, 0.15) is 82.9 Å². The van der Waals surface area contributed by atoms with E-state index < -0.39 is 0 Å². The number of nitrogens with zero attached hydrogens (tertiary/aromatic N) is 6. The average molecular weight is 781 g/mol. The maximum Gasteiger partial charge on any atom is 0.261 e. The third kappa shape index (κ3) is 9.84. The summed E-state index contributed by atoms with van der Waals surface area (Å²) in [5.41, 5.74) is 6.44. The summed E-state index contributed by atoms with van der Waals surface area (Å²) in [5.74, 6) is 2.01. The molecular formula is C49H64N8O. The normalized spacial score (nSPS) is 19.5. The molecule has 0 spiro atoms. The molecule has 58 heavy (non-hydrogen) atoms. The van der Waals surface area contributed by atoms with E-state index in [1.807, 2.05) is 60.9 Å². The molecule has 306 valence electrons. The molecule has 4 heterocycles. The topological polar surface area (TPSA) is 81.0 Å². The summed E-state index contributed by atoms with van der Waals surface area (Å²) in [4.78, 5) is 30.9. The number of rotatable bonds is 10. The second kappa shape index (κ2) is 20.7. The first kappa shape index (κ1) is 42.7. The van der Waals surface area contributed by atoms with Crippen LogP contribution < -0.4 is 16.2 Å². The fourth-order valence-electron chi connectivity index (χ4n) is 8.49. The average Bonchev–Trinajstić information content (AvgIpc) is 3.27. The molecule has 3 aliphatic heterocycles. The van der Waals surface area contributed by atoms with Gasteiger partial charge in [-0.15, -0.1) is 0 Å². The maximum atomic E-state index is 13.3. The Hall–Kier alpha value is -4.93. The van der Waals surface area contributed by atoms with Crippen molar-refractivity contribution in [1.82, 2.24) is 34.9 Å². The zero-order valence-corrected chi connectivity index (χ0v) is 35.6. The molecule has 0 aliphatic carbocycles. The molecule has 2 fully saturated rings. The maximum absolute atomic E-state index is 13.3. The largest absolute Gasteiger partial charge is 0.324 e. The third-order valence-electron chi connectivity index (χ3n) is 11.5. The summed E-state index contributed by atoms with van der Waals surface area (Å²) in [6.07, 6.45) is 1.95. The van der Waals surface area contributed by atoms with E-state index >= 15 is 0 Å². The number of aromatic nitrogens is 2. The predicted octanol–water partition coefficient (Wildman–Crippen LogP) is 8.49. The number of para-hydroxylation sites is 2. The molecule has 1 aromatic heterocycles. The van der Waals surface area contributed by atoms with Crippen molar-refractivity contribution >= 4 is 28.1 Å². The highest BCUT2D eigenvalue weighted by Crippen LogP contribution is 2.36. The Morgan fingerprint density at radius 1 is 0.776 bits per heavy atom. The number of aliphatic imine (C=N–C) groups is 1. The van der Waals surface area contributed by atoms with Crippen LogP contribution in [0.5, 0.6) is 0 Å². The Morgan fingerprint density at radius 3 is 2.05 bits per heavy atom. The quantitative estimate of drug-likeness (QED) is 0.147. The van der Waals surface area contributed by atoms with Gasteiger partial charge in [-0.1, -0.05) is 125 Å². The van der Waals surface area contributed by atoms with Crippen molar-refractivity contribution in [3.05, 3.63) is 149 Å². The van der Waals surface area contributed by atoms with Gasteiger partial charge in [-0.2, -0.15) is 0 Å². The number of piperazine rings is 2. The highest BCUT2D eigenvalue weighted by molar-refractivity contribution is 6.00. The van der Waals surface area contributed by atoms with E-state index in [-0.39, 0.29) is 17.6 Å². The van der Waals surface area contributed by atoms with Gasteiger partial charge in [0.2, 0.25) is 0 Å². The molecule has 8 rings (SSSR count). The van der Waals surface area contributed by atoms with Crippen molar-refractivity contribution in [3.8, 4) is 0 Å². The van der Waals surface area contributed by atoms with E-state index in [1.54, 1.807) is 0 Å². The van der Waals surface area contributed by atoms with Gasteiger partial charge in [0.1, 0.15) is 11.7 Å². The van der Waals surface area contributed by atoms with Gasteiger partial charge >= 0.3 is 0 Å². The Bertz CT molecular complexity index is 2160. The van der Waals surface area contributed by atoms with Crippen LogP contribution >= 0.6 is 0 Å². The minimum absolute atomic E-state index is 0.0491. The summed E-state index contributed by atoms with van der Waals surface area (Å²) in [6, 6.07) is 38.2. The number of hydrogen-bond donors (Lipinski definition) is 2. The highest BCUT2D eigenvalue weighted by Gasteiger charge is 2.36. The summed E-state index contributed by atoms with van der Waals surface area (Å²) < 4.78 is 1.88. The summed E-state index contributed by atoms with van der Waals surface area (Å²) >= 11 is 0. The molecule has 3 aliphatic rings.